The van der Waals surface area contributed by atoms with Gasteiger partial charge in [-0.2, -0.15) is 4.31 Å². The standard InChI is InChI=1S/C21H22N2O3S/c1-26-20-11-12-21(19-10-6-5-9-18(19)20)27(24,25)23-14-13-17(15-23)22-16-7-3-2-4-8-16/h2-12,17,22H,13-15H2,1H3. The molecule has 1 atom stereocenters. The van der Waals surface area contributed by atoms with Crippen molar-refractivity contribution >= 4 is 26.5 Å². The van der Waals surface area contributed by atoms with Gasteiger partial charge in [-0.1, -0.05) is 42.5 Å². The second-order valence-corrected chi connectivity index (χ2v) is 8.58. The first kappa shape index (κ1) is 17.8. The van der Waals surface area contributed by atoms with Gasteiger partial charge in [0.1, 0.15) is 5.75 Å². The summed E-state index contributed by atoms with van der Waals surface area (Å²) in [4.78, 5) is 0.333. The van der Waals surface area contributed by atoms with E-state index in [1.54, 1.807) is 23.5 Å². The topological polar surface area (TPSA) is 58.6 Å². The Morgan fingerprint density at radius 3 is 2.41 bits per heavy atom. The first-order chi connectivity index (χ1) is 13.1. The number of benzene rings is 3. The van der Waals surface area contributed by atoms with Crippen LogP contribution in [-0.4, -0.2) is 39.0 Å². The van der Waals surface area contributed by atoms with Gasteiger partial charge in [0.25, 0.3) is 0 Å². The van der Waals surface area contributed by atoms with Gasteiger partial charge in [-0.15, -0.1) is 0 Å². The molecule has 140 valence electrons. The van der Waals surface area contributed by atoms with Crippen molar-refractivity contribution in [1.29, 1.82) is 0 Å². The Bertz CT molecular complexity index is 1050. The van der Waals surface area contributed by atoms with E-state index in [0.717, 1.165) is 17.5 Å². The van der Waals surface area contributed by atoms with E-state index in [2.05, 4.69) is 5.32 Å². The lowest BCUT2D eigenvalue weighted by atomic mass is 10.1. The monoisotopic (exact) mass is 382 g/mol. The molecule has 0 aliphatic carbocycles. The van der Waals surface area contributed by atoms with Crippen LogP contribution in [0.5, 0.6) is 5.75 Å². The summed E-state index contributed by atoms with van der Waals surface area (Å²) < 4.78 is 33.6. The Labute approximate surface area is 159 Å². The highest BCUT2D eigenvalue weighted by molar-refractivity contribution is 7.89. The molecule has 1 aliphatic heterocycles. The fourth-order valence-electron chi connectivity index (χ4n) is 3.62. The van der Waals surface area contributed by atoms with Crippen LogP contribution in [0.4, 0.5) is 5.69 Å². The van der Waals surface area contributed by atoms with Gasteiger partial charge in [0.2, 0.25) is 10.0 Å². The van der Waals surface area contributed by atoms with Crippen molar-refractivity contribution in [1.82, 2.24) is 4.31 Å². The Balaban J connectivity index is 1.62. The number of methoxy groups -OCH3 is 1. The molecule has 0 radical (unpaired) electrons. The van der Waals surface area contributed by atoms with Crippen LogP contribution in [0.25, 0.3) is 10.8 Å². The van der Waals surface area contributed by atoms with Crippen molar-refractivity contribution < 1.29 is 13.2 Å². The predicted molar refractivity (Wildman–Crippen MR) is 108 cm³/mol. The van der Waals surface area contributed by atoms with Gasteiger partial charge in [0.05, 0.1) is 12.0 Å². The van der Waals surface area contributed by atoms with E-state index < -0.39 is 10.0 Å². The maximum Gasteiger partial charge on any atom is 0.243 e. The number of ether oxygens (including phenoxy) is 1. The summed E-state index contributed by atoms with van der Waals surface area (Å²) in [7, 11) is -1.98. The molecule has 1 aliphatic rings. The van der Waals surface area contributed by atoms with Crippen molar-refractivity contribution in [3.63, 3.8) is 0 Å². The number of anilines is 1. The normalized spacial score (nSPS) is 17.9. The summed E-state index contributed by atoms with van der Waals surface area (Å²) in [5.41, 5.74) is 1.01. The van der Waals surface area contributed by atoms with E-state index in [1.165, 1.54) is 0 Å². The SMILES string of the molecule is COc1ccc(S(=O)(=O)N2CCC(Nc3ccccc3)C2)c2ccccc12. The van der Waals surface area contributed by atoms with Crippen molar-refractivity contribution in [3.05, 3.63) is 66.7 Å². The molecule has 0 aromatic heterocycles. The molecule has 3 aromatic rings. The smallest absolute Gasteiger partial charge is 0.243 e. The number of nitrogens with zero attached hydrogens (tertiary/aromatic N) is 1. The Kier molecular flexibility index (Phi) is 4.76. The number of nitrogens with one attached hydrogen (secondary N) is 1. The highest BCUT2D eigenvalue weighted by Gasteiger charge is 2.33. The molecule has 1 N–H and O–H groups in total. The molecule has 27 heavy (non-hydrogen) atoms. The average Bonchev–Trinajstić information content (AvgIpc) is 3.17. The van der Waals surface area contributed by atoms with Gasteiger partial charge in [0.15, 0.2) is 0 Å². The summed E-state index contributed by atoms with van der Waals surface area (Å²) in [6.07, 6.45) is 0.780. The molecule has 1 unspecified atom stereocenters. The summed E-state index contributed by atoms with van der Waals surface area (Å²) in [6.45, 7) is 0.963. The third kappa shape index (κ3) is 3.38. The molecule has 0 bridgehead atoms. The van der Waals surface area contributed by atoms with Crippen LogP contribution in [0.15, 0.2) is 71.6 Å². The minimum absolute atomic E-state index is 0.103. The molecule has 1 fully saturated rings. The number of para-hydroxylation sites is 1. The lowest BCUT2D eigenvalue weighted by molar-refractivity contribution is 0.419. The van der Waals surface area contributed by atoms with E-state index in [-0.39, 0.29) is 6.04 Å². The highest BCUT2D eigenvalue weighted by Crippen LogP contribution is 2.33. The fraction of sp³-hybridized carbons (Fsp3) is 0.238. The van der Waals surface area contributed by atoms with Crippen molar-refractivity contribution in [3.8, 4) is 5.75 Å². The number of rotatable bonds is 5. The average molecular weight is 382 g/mol. The molecule has 1 saturated heterocycles. The van der Waals surface area contributed by atoms with Crippen LogP contribution in [0.2, 0.25) is 0 Å². The third-order valence-corrected chi connectivity index (χ3v) is 6.90. The number of fused-ring (bicyclic) bond motifs is 1. The molecule has 4 rings (SSSR count). The minimum Gasteiger partial charge on any atom is -0.496 e. The van der Waals surface area contributed by atoms with Gasteiger partial charge in [-0.3, -0.25) is 0 Å². The van der Waals surface area contributed by atoms with Gasteiger partial charge < -0.3 is 10.1 Å². The number of sulfonamides is 1. The maximum absolute atomic E-state index is 13.3. The Hall–Kier alpha value is -2.57. The summed E-state index contributed by atoms with van der Waals surface area (Å²) >= 11 is 0. The van der Waals surface area contributed by atoms with Crippen molar-refractivity contribution in [2.45, 2.75) is 17.4 Å². The zero-order valence-corrected chi connectivity index (χ0v) is 15.9. The summed E-state index contributed by atoms with van der Waals surface area (Å²) in [6, 6.07) is 20.8. The zero-order chi connectivity index (χ0) is 18.9. The zero-order valence-electron chi connectivity index (χ0n) is 15.1. The number of hydrogen-bond acceptors (Lipinski definition) is 4. The molecule has 0 spiro atoms. The van der Waals surface area contributed by atoms with Gasteiger partial charge in [0, 0.05) is 35.6 Å². The quantitative estimate of drug-likeness (QED) is 0.731. The first-order valence-corrected chi connectivity index (χ1v) is 10.4. The first-order valence-electron chi connectivity index (χ1n) is 8.97. The largest absolute Gasteiger partial charge is 0.496 e. The van der Waals surface area contributed by atoms with Gasteiger partial charge in [-0.25, -0.2) is 8.42 Å². The fourth-order valence-corrected chi connectivity index (χ4v) is 5.32. The van der Waals surface area contributed by atoms with Crippen molar-refractivity contribution in [2.24, 2.45) is 0 Å². The van der Waals surface area contributed by atoms with E-state index >= 15 is 0 Å². The predicted octanol–water partition coefficient (Wildman–Crippen LogP) is 3.72. The number of hydrogen-bond donors (Lipinski definition) is 1. The molecule has 5 nitrogen and oxygen atoms in total. The van der Waals surface area contributed by atoms with Crippen LogP contribution in [0.1, 0.15) is 6.42 Å². The summed E-state index contributed by atoms with van der Waals surface area (Å²) in [5.74, 6) is 0.676. The molecule has 3 aromatic carbocycles. The van der Waals surface area contributed by atoms with E-state index in [4.69, 9.17) is 4.74 Å². The van der Waals surface area contributed by atoms with Crippen LogP contribution in [0.3, 0.4) is 0 Å². The molecule has 0 amide bonds. The summed E-state index contributed by atoms with van der Waals surface area (Å²) in [5, 5.41) is 4.92. The molecule has 6 heteroatoms. The second kappa shape index (κ2) is 7.21. The van der Waals surface area contributed by atoms with E-state index in [0.29, 0.717) is 29.1 Å². The van der Waals surface area contributed by atoms with Crippen LogP contribution >= 0.6 is 0 Å². The highest BCUT2D eigenvalue weighted by atomic mass is 32.2. The van der Waals surface area contributed by atoms with E-state index in [1.807, 2.05) is 54.6 Å². The Morgan fingerprint density at radius 1 is 0.963 bits per heavy atom. The minimum atomic E-state index is -3.58. The van der Waals surface area contributed by atoms with Crippen LogP contribution in [-0.2, 0) is 10.0 Å². The van der Waals surface area contributed by atoms with Crippen LogP contribution < -0.4 is 10.1 Å². The lowest BCUT2D eigenvalue weighted by Gasteiger charge is -2.19. The van der Waals surface area contributed by atoms with E-state index in [9.17, 15) is 8.42 Å². The molecule has 0 saturated carbocycles. The van der Waals surface area contributed by atoms with Crippen molar-refractivity contribution in [2.75, 3.05) is 25.5 Å². The third-order valence-electron chi connectivity index (χ3n) is 4.98. The maximum atomic E-state index is 13.3. The Morgan fingerprint density at radius 2 is 1.67 bits per heavy atom. The lowest BCUT2D eigenvalue weighted by Crippen LogP contribution is -2.31. The second-order valence-electron chi connectivity index (χ2n) is 6.67. The molecule has 1 heterocycles. The van der Waals surface area contributed by atoms with Gasteiger partial charge >= 0.3 is 0 Å². The molecular weight excluding hydrogens is 360 g/mol. The van der Waals surface area contributed by atoms with Crippen LogP contribution in [0, 0.1) is 0 Å². The molecular formula is C21H22N2O3S. The van der Waals surface area contributed by atoms with Gasteiger partial charge in [-0.05, 0) is 30.7 Å².